The Morgan fingerprint density at radius 3 is 2.89 bits per heavy atom. The van der Waals surface area contributed by atoms with Gasteiger partial charge in [-0.15, -0.1) is 0 Å². The number of likely N-dealkylation sites (tertiary alicyclic amines) is 1. The summed E-state index contributed by atoms with van der Waals surface area (Å²) >= 11 is 7.95. The van der Waals surface area contributed by atoms with Gasteiger partial charge in [-0.2, -0.15) is 0 Å². The zero-order valence-electron chi connectivity index (χ0n) is 15.3. The topological polar surface area (TPSA) is 37.7 Å². The number of aliphatic imine (C=N–C) groups is 1. The number of amidine groups is 1. The standard InChI is InChI=1S/C20H21ClFN3OS/c1-26-17-7-6-14(10-23-17)24-19(27-2)25-11-13-8-9-20(13,12-25)15-4-3-5-16(22)18(15)21/h3-7,10,13H,8-9,11-12H2,1-2H3/t13-,20-/m0/s1. The predicted octanol–water partition coefficient (Wildman–Crippen LogP) is 4.90. The van der Waals surface area contributed by atoms with Gasteiger partial charge in [0.25, 0.3) is 0 Å². The minimum atomic E-state index is -0.337. The molecule has 2 aromatic rings. The molecule has 1 aromatic heterocycles. The third-order valence-corrected chi connectivity index (χ3v) is 6.83. The predicted molar refractivity (Wildman–Crippen MR) is 109 cm³/mol. The number of pyridine rings is 1. The molecule has 142 valence electrons. The molecule has 1 aromatic carbocycles. The van der Waals surface area contributed by atoms with E-state index in [1.54, 1.807) is 37.2 Å². The average Bonchev–Trinajstić information content (AvgIpc) is 2.94. The molecule has 2 aliphatic rings. The minimum absolute atomic E-state index is 0.0756. The fraction of sp³-hybridized carbons (Fsp3) is 0.400. The highest BCUT2D eigenvalue weighted by Gasteiger charge is 2.55. The summed E-state index contributed by atoms with van der Waals surface area (Å²) < 4.78 is 19.1. The lowest BCUT2D eigenvalue weighted by Crippen LogP contribution is -2.44. The number of ether oxygens (including phenoxy) is 1. The number of aromatic nitrogens is 1. The molecule has 1 saturated heterocycles. The van der Waals surface area contributed by atoms with Crippen molar-refractivity contribution >= 4 is 34.2 Å². The summed E-state index contributed by atoms with van der Waals surface area (Å²) in [6, 6.07) is 8.86. The maximum atomic E-state index is 14.0. The summed E-state index contributed by atoms with van der Waals surface area (Å²) in [5, 5.41) is 1.22. The third kappa shape index (κ3) is 3.19. The molecule has 1 saturated carbocycles. The van der Waals surface area contributed by atoms with Crippen molar-refractivity contribution in [1.82, 2.24) is 9.88 Å². The second-order valence-corrected chi connectivity index (χ2v) is 8.18. The molecule has 7 heteroatoms. The third-order valence-electron chi connectivity index (χ3n) is 5.73. The quantitative estimate of drug-likeness (QED) is 0.538. The monoisotopic (exact) mass is 405 g/mol. The molecule has 4 nitrogen and oxygen atoms in total. The number of rotatable bonds is 3. The lowest BCUT2D eigenvalue weighted by atomic mass is 9.58. The van der Waals surface area contributed by atoms with E-state index in [1.165, 1.54) is 6.07 Å². The van der Waals surface area contributed by atoms with Crippen molar-refractivity contribution in [1.29, 1.82) is 0 Å². The highest BCUT2D eigenvalue weighted by Crippen LogP contribution is 2.55. The van der Waals surface area contributed by atoms with E-state index < -0.39 is 0 Å². The van der Waals surface area contributed by atoms with Gasteiger partial charge in [0, 0.05) is 24.6 Å². The maximum absolute atomic E-state index is 14.0. The van der Waals surface area contributed by atoms with Crippen molar-refractivity contribution in [2.75, 3.05) is 26.5 Å². The van der Waals surface area contributed by atoms with E-state index in [2.05, 4.69) is 9.88 Å². The molecule has 0 unspecified atom stereocenters. The highest BCUT2D eigenvalue weighted by molar-refractivity contribution is 8.13. The van der Waals surface area contributed by atoms with Crippen LogP contribution in [0, 0.1) is 11.7 Å². The first-order chi connectivity index (χ1) is 13.1. The van der Waals surface area contributed by atoms with Crippen LogP contribution in [-0.2, 0) is 5.41 Å². The number of benzene rings is 1. The molecule has 4 rings (SSSR count). The summed E-state index contributed by atoms with van der Waals surface area (Å²) in [5.74, 6) is 0.706. The Balaban J connectivity index is 1.61. The van der Waals surface area contributed by atoms with Gasteiger partial charge in [-0.25, -0.2) is 14.4 Å². The van der Waals surface area contributed by atoms with Crippen molar-refractivity contribution < 1.29 is 9.13 Å². The average molecular weight is 406 g/mol. The zero-order valence-corrected chi connectivity index (χ0v) is 16.9. The molecule has 0 spiro atoms. The van der Waals surface area contributed by atoms with E-state index in [-0.39, 0.29) is 16.3 Å². The number of halogens is 2. The second-order valence-electron chi connectivity index (χ2n) is 7.03. The van der Waals surface area contributed by atoms with E-state index in [9.17, 15) is 4.39 Å². The molecular formula is C20H21ClFN3OS. The van der Waals surface area contributed by atoms with Crippen LogP contribution in [0.2, 0.25) is 5.02 Å². The Morgan fingerprint density at radius 1 is 1.41 bits per heavy atom. The van der Waals surface area contributed by atoms with Gasteiger partial charge in [0.05, 0.1) is 24.0 Å². The van der Waals surface area contributed by atoms with E-state index >= 15 is 0 Å². The number of hydrogen-bond acceptors (Lipinski definition) is 4. The van der Waals surface area contributed by atoms with E-state index in [0.717, 1.165) is 42.3 Å². The number of thioether (sulfide) groups is 1. The van der Waals surface area contributed by atoms with Gasteiger partial charge in [-0.3, -0.25) is 0 Å². The Bertz CT molecular complexity index is 876. The molecular weight excluding hydrogens is 385 g/mol. The molecule has 0 N–H and O–H groups in total. The maximum Gasteiger partial charge on any atom is 0.213 e. The van der Waals surface area contributed by atoms with Gasteiger partial charge in [0.15, 0.2) is 5.17 Å². The molecule has 27 heavy (non-hydrogen) atoms. The SMILES string of the molecule is COc1ccc(N=C(SC)N2C[C@@H]3CC[C@]3(c3cccc(F)c3Cl)C2)cn1. The fourth-order valence-corrected chi connectivity index (χ4v) is 5.14. The summed E-state index contributed by atoms with van der Waals surface area (Å²) in [6.07, 6.45) is 5.90. The Labute approximate surface area is 167 Å². The molecule has 0 bridgehead atoms. The Hall–Kier alpha value is -1.79. The summed E-state index contributed by atoms with van der Waals surface area (Å²) in [5.41, 5.74) is 1.65. The lowest BCUT2D eigenvalue weighted by Gasteiger charge is -2.44. The lowest BCUT2D eigenvalue weighted by molar-refractivity contribution is 0.181. The van der Waals surface area contributed by atoms with Crippen LogP contribution >= 0.6 is 23.4 Å². The van der Waals surface area contributed by atoms with Crippen LogP contribution in [0.5, 0.6) is 5.88 Å². The van der Waals surface area contributed by atoms with Gasteiger partial charge >= 0.3 is 0 Å². The molecule has 0 amide bonds. The van der Waals surface area contributed by atoms with Crippen molar-refractivity contribution in [3.05, 3.63) is 52.9 Å². The minimum Gasteiger partial charge on any atom is -0.481 e. The van der Waals surface area contributed by atoms with Crippen molar-refractivity contribution in [2.24, 2.45) is 10.9 Å². The largest absolute Gasteiger partial charge is 0.481 e. The van der Waals surface area contributed by atoms with Gasteiger partial charge in [-0.05, 0) is 42.7 Å². The number of fused-ring (bicyclic) bond motifs is 1. The van der Waals surface area contributed by atoms with Crippen LogP contribution in [0.25, 0.3) is 0 Å². The molecule has 2 fully saturated rings. The van der Waals surface area contributed by atoms with Gasteiger partial charge in [0.2, 0.25) is 5.88 Å². The highest BCUT2D eigenvalue weighted by atomic mass is 35.5. The number of nitrogens with zero attached hydrogens (tertiary/aromatic N) is 3. The van der Waals surface area contributed by atoms with E-state index in [0.29, 0.717) is 11.8 Å². The van der Waals surface area contributed by atoms with Crippen molar-refractivity contribution in [3.8, 4) is 5.88 Å². The van der Waals surface area contributed by atoms with Crippen LogP contribution in [0.15, 0.2) is 41.5 Å². The number of hydrogen-bond donors (Lipinski definition) is 0. The van der Waals surface area contributed by atoms with E-state index in [4.69, 9.17) is 21.3 Å². The first-order valence-electron chi connectivity index (χ1n) is 8.89. The van der Waals surface area contributed by atoms with Crippen molar-refractivity contribution in [3.63, 3.8) is 0 Å². The smallest absolute Gasteiger partial charge is 0.213 e. The second kappa shape index (κ2) is 7.32. The van der Waals surface area contributed by atoms with Crippen LogP contribution in [0.1, 0.15) is 18.4 Å². The Kier molecular flexibility index (Phi) is 5.03. The van der Waals surface area contributed by atoms with Gasteiger partial charge in [-0.1, -0.05) is 35.5 Å². The van der Waals surface area contributed by atoms with Crippen LogP contribution in [-0.4, -0.2) is 41.5 Å². The summed E-state index contributed by atoms with van der Waals surface area (Å²) in [6.45, 7) is 1.72. The van der Waals surface area contributed by atoms with Crippen molar-refractivity contribution in [2.45, 2.75) is 18.3 Å². The molecule has 0 radical (unpaired) electrons. The number of methoxy groups -OCH3 is 1. The molecule has 1 aliphatic heterocycles. The summed E-state index contributed by atoms with van der Waals surface area (Å²) in [7, 11) is 1.59. The zero-order chi connectivity index (χ0) is 19.0. The molecule has 1 aliphatic carbocycles. The summed E-state index contributed by atoms with van der Waals surface area (Å²) in [4.78, 5) is 11.3. The van der Waals surface area contributed by atoms with Crippen LogP contribution in [0.3, 0.4) is 0 Å². The van der Waals surface area contributed by atoms with Gasteiger partial charge in [0.1, 0.15) is 5.82 Å². The Morgan fingerprint density at radius 2 is 2.26 bits per heavy atom. The van der Waals surface area contributed by atoms with Gasteiger partial charge < -0.3 is 9.64 Å². The molecule has 2 atom stereocenters. The first kappa shape index (κ1) is 18.6. The first-order valence-corrected chi connectivity index (χ1v) is 10.5. The fourth-order valence-electron chi connectivity index (χ4n) is 4.23. The van der Waals surface area contributed by atoms with Crippen LogP contribution < -0.4 is 4.74 Å². The van der Waals surface area contributed by atoms with Crippen LogP contribution in [0.4, 0.5) is 10.1 Å². The molecule has 2 heterocycles. The normalized spacial score (nSPS) is 24.5. The van der Waals surface area contributed by atoms with E-state index in [1.807, 2.05) is 18.4 Å².